The van der Waals surface area contributed by atoms with Crippen molar-refractivity contribution in [1.82, 2.24) is 10.2 Å². The monoisotopic (exact) mass is 186 g/mol. The number of likely N-dealkylation sites (tertiary alicyclic amines) is 1. The SMILES string of the molecule is CNC1CN(C(C)C)CCC1CO. The van der Waals surface area contributed by atoms with Gasteiger partial charge >= 0.3 is 0 Å². The molecule has 0 aromatic heterocycles. The summed E-state index contributed by atoms with van der Waals surface area (Å²) in [5.41, 5.74) is 0. The first kappa shape index (κ1) is 11.0. The third-order valence-corrected chi connectivity index (χ3v) is 3.12. The van der Waals surface area contributed by atoms with E-state index in [9.17, 15) is 0 Å². The van der Waals surface area contributed by atoms with Crippen LogP contribution in [0.2, 0.25) is 0 Å². The van der Waals surface area contributed by atoms with Gasteiger partial charge in [-0.15, -0.1) is 0 Å². The molecular formula is C10H22N2O. The van der Waals surface area contributed by atoms with Crippen LogP contribution in [0.3, 0.4) is 0 Å². The van der Waals surface area contributed by atoms with Crippen LogP contribution in [0.25, 0.3) is 0 Å². The van der Waals surface area contributed by atoms with Crippen LogP contribution >= 0.6 is 0 Å². The first-order valence-electron chi connectivity index (χ1n) is 5.21. The molecule has 78 valence electrons. The number of hydrogen-bond donors (Lipinski definition) is 2. The second-order valence-electron chi connectivity index (χ2n) is 4.22. The fourth-order valence-corrected chi connectivity index (χ4v) is 2.04. The normalized spacial score (nSPS) is 31.2. The highest BCUT2D eigenvalue weighted by Crippen LogP contribution is 2.18. The molecule has 1 rings (SSSR count). The molecule has 1 aliphatic rings. The maximum Gasteiger partial charge on any atom is 0.0475 e. The highest BCUT2D eigenvalue weighted by atomic mass is 16.3. The second kappa shape index (κ2) is 4.94. The minimum Gasteiger partial charge on any atom is -0.396 e. The van der Waals surface area contributed by atoms with Crippen molar-refractivity contribution in [3.63, 3.8) is 0 Å². The highest BCUT2D eigenvalue weighted by Gasteiger charge is 2.28. The van der Waals surface area contributed by atoms with E-state index in [4.69, 9.17) is 5.11 Å². The number of nitrogens with zero attached hydrogens (tertiary/aromatic N) is 1. The molecule has 2 N–H and O–H groups in total. The molecule has 1 heterocycles. The van der Waals surface area contributed by atoms with E-state index in [0.29, 0.717) is 24.6 Å². The zero-order valence-electron chi connectivity index (χ0n) is 8.95. The maximum absolute atomic E-state index is 9.16. The van der Waals surface area contributed by atoms with Crippen LogP contribution in [0.5, 0.6) is 0 Å². The molecule has 0 amide bonds. The summed E-state index contributed by atoms with van der Waals surface area (Å²) in [6, 6.07) is 1.08. The Morgan fingerprint density at radius 2 is 2.23 bits per heavy atom. The van der Waals surface area contributed by atoms with Crippen LogP contribution in [-0.2, 0) is 0 Å². The molecular weight excluding hydrogens is 164 g/mol. The molecule has 0 bridgehead atoms. The Labute approximate surface area is 81.1 Å². The lowest BCUT2D eigenvalue weighted by atomic mass is 9.92. The minimum absolute atomic E-state index is 0.317. The summed E-state index contributed by atoms with van der Waals surface area (Å²) in [5.74, 6) is 0.444. The number of piperidine rings is 1. The molecule has 0 aliphatic carbocycles. The molecule has 0 radical (unpaired) electrons. The maximum atomic E-state index is 9.16. The number of likely N-dealkylation sites (N-methyl/N-ethyl adjacent to an activating group) is 1. The molecule has 0 aromatic rings. The van der Waals surface area contributed by atoms with Crippen molar-refractivity contribution in [3.05, 3.63) is 0 Å². The largest absolute Gasteiger partial charge is 0.396 e. The first-order chi connectivity index (χ1) is 6.19. The standard InChI is InChI=1S/C10H22N2O/c1-8(2)12-5-4-9(7-13)10(6-12)11-3/h8-11,13H,4-7H2,1-3H3. The molecule has 1 saturated heterocycles. The van der Waals surface area contributed by atoms with Gasteiger partial charge in [-0.1, -0.05) is 0 Å². The summed E-state index contributed by atoms with van der Waals surface area (Å²) in [6.45, 7) is 6.97. The number of rotatable bonds is 3. The van der Waals surface area contributed by atoms with Crippen molar-refractivity contribution in [2.24, 2.45) is 5.92 Å². The third kappa shape index (κ3) is 2.66. The van der Waals surface area contributed by atoms with E-state index >= 15 is 0 Å². The van der Waals surface area contributed by atoms with Gasteiger partial charge in [0.2, 0.25) is 0 Å². The molecule has 13 heavy (non-hydrogen) atoms. The summed E-state index contributed by atoms with van der Waals surface area (Å²) in [5, 5.41) is 12.4. The van der Waals surface area contributed by atoms with Gasteiger partial charge in [0.1, 0.15) is 0 Å². The Bertz CT molecular complexity index is 150. The van der Waals surface area contributed by atoms with E-state index in [-0.39, 0.29) is 0 Å². The van der Waals surface area contributed by atoms with Crippen molar-refractivity contribution >= 4 is 0 Å². The van der Waals surface area contributed by atoms with Gasteiger partial charge in [-0.25, -0.2) is 0 Å². The van der Waals surface area contributed by atoms with E-state index in [1.54, 1.807) is 0 Å². The molecule has 0 aromatic carbocycles. The Morgan fingerprint density at radius 3 is 2.69 bits per heavy atom. The summed E-state index contributed by atoms with van der Waals surface area (Å²) in [7, 11) is 1.98. The van der Waals surface area contributed by atoms with Crippen molar-refractivity contribution < 1.29 is 5.11 Å². The topological polar surface area (TPSA) is 35.5 Å². The van der Waals surface area contributed by atoms with E-state index in [1.165, 1.54) is 0 Å². The van der Waals surface area contributed by atoms with Gasteiger partial charge in [-0.05, 0) is 39.8 Å². The molecule has 0 spiro atoms. The zero-order valence-corrected chi connectivity index (χ0v) is 8.95. The van der Waals surface area contributed by atoms with Crippen LogP contribution in [0.1, 0.15) is 20.3 Å². The van der Waals surface area contributed by atoms with Crippen LogP contribution in [0.15, 0.2) is 0 Å². The number of aliphatic hydroxyl groups is 1. The number of nitrogens with one attached hydrogen (secondary N) is 1. The lowest BCUT2D eigenvalue weighted by Crippen LogP contribution is -2.52. The average molecular weight is 186 g/mol. The fourth-order valence-electron chi connectivity index (χ4n) is 2.04. The summed E-state index contributed by atoms with van der Waals surface area (Å²) < 4.78 is 0. The predicted octanol–water partition coefficient (Wildman–Crippen LogP) is 0.297. The molecule has 0 saturated carbocycles. The lowest BCUT2D eigenvalue weighted by molar-refractivity contribution is 0.0813. The van der Waals surface area contributed by atoms with E-state index < -0.39 is 0 Å². The quantitative estimate of drug-likeness (QED) is 0.665. The molecule has 1 fully saturated rings. The van der Waals surface area contributed by atoms with Gasteiger partial charge in [0.05, 0.1) is 0 Å². The third-order valence-electron chi connectivity index (χ3n) is 3.12. The Morgan fingerprint density at radius 1 is 1.54 bits per heavy atom. The van der Waals surface area contributed by atoms with Crippen molar-refractivity contribution in [3.8, 4) is 0 Å². The number of aliphatic hydroxyl groups excluding tert-OH is 1. The average Bonchev–Trinajstić information content (AvgIpc) is 2.16. The smallest absolute Gasteiger partial charge is 0.0475 e. The second-order valence-corrected chi connectivity index (χ2v) is 4.22. The molecule has 2 atom stereocenters. The molecule has 3 nitrogen and oxygen atoms in total. The number of hydrogen-bond acceptors (Lipinski definition) is 3. The van der Waals surface area contributed by atoms with Gasteiger partial charge in [-0.3, -0.25) is 4.90 Å². The Hall–Kier alpha value is -0.120. The Kier molecular flexibility index (Phi) is 4.16. The molecule has 2 unspecified atom stereocenters. The van der Waals surface area contributed by atoms with Crippen molar-refractivity contribution in [1.29, 1.82) is 0 Å². The predicted molar refractivity (Wildman–Crippen MR) is 54.7 cm³/mol. The molecule has 1 aliphatic heterocycles. The van der Waals surface area contributed by atoms with Crippen LogP contribution in [0.4, 0.5) is 0 Å². The van der Waals surface area contributed by atoms with Crippen molar-refractivity contribution in [2.45, 2.75) is 32.4 Å². The van der Waals surface area contributed by atoms with Gasteiger partial charge in [0, 0.05) is 25.2 Å². The van der Waals surface area contributed by atoms with Gasteiger partial charge in [0.25, 0.3) is 0 Å². The zero-order chi connectivity index (χ0) is 9.84. The summed E-state index contributed by atoms with van der Waals surface area (Å²) >= 11 is 0. The van der Waals surface area contributed by atoms with Crippen molar-refractivity contribution in [2.75, 3.05) is 26.7 Å². The van der Waals surface area contributed by atoms with E-state index in [2.05, 4.69) is 24.1 Å². The van der Waals surface area contributed by atoms with Crippen LogP contribution in [-0.4, -0.2) is 48.8 Å². The fraction of sp³-hybridized carbons (Fsp3) is 1.00. The summed E-state index contributed by atoms with van der Waals surface area (Å²) in [4.78, 5) is 2.47. The van der Waals surface area contributed by atoms with E-state index in [1.807, 2.05) is 7.05 Å². The van der Waals surface area contributed by atoms with Gasteiger partial charge < -0.3 is 10.4 Å². The lowest BCUT2D eigenvalue weighted by Gasteiger charge is -2.39. The van der Waals surface area contributed by atoms with E-state index in [0.717, 1.165) is 19.5 Å². The highest BCUT2D eigenvalue weighted by molar-refractivity contribution is 4.85. The Balaban J connectivity index is 2.47. The first-order valence-corrected chi connectivity index (χ1v) is 5.21. The van der Waals surface area contributed by atoms with Crippen LogP contribution in [0, 0.1) is 5.92 Å². The summed E-state index contributed by atoms with van der Waals surface area (Å²) in [6.07, 6.45) is 1.11. The molecule has 3 heteroatoms. The van der Waals surface area contributed by atoms with Gasteiger partial charge in [0.15, 0.2) is 0 Å². The van der Waals surface area contributed by atoms with Gasteiger partial charge in [-0.2, -0.15) is 0 Å². The van der Waals surface area contributed by atoms with Crippen LogP contribution < -0.4 is 5.32 Å². The minimum atomic E-state index is 0.317.